The molecule has 0 aliphatic carbocycles. The maximum absolute atomic E-state index is 11.6. The number of amides is 1. The second-order valence-electron chi connectivity index (χ2n) is 4.38. The van der Waals surface area contributed by atoms with Crippen molar-refractivity contribution in [3.05, 3.63) is 0 Å². The lowest BCUT2D eigenvalue weighted by molar-refractivity contribution is -0.130. The minimum absolute atomic E-state index is 0.272. The SMILES string of the molecule is CCCCN(C)C(=O)CCCNC(C)C. The van der Waals surface area contributed by atoms with Gasteiger partial charge in [0.2, 0.25) is 5.91 Å². The Labute approximate surface area is 94.2 Å². The van der Waals surface area contributed by atoms with Crippen molar-refractivity contribution in [1.29, 1.82) is 0 Å². The molecule has 0 spiro atoms. The van der Waals surface area contributed by atoms with E-state index in [9.17, 15) is 4.79 Å². The molecule has 0 fully saturated rings. The molecule has 0 aliphatic heterocycles. The Morgan fingerprint density at radius 1 is 1.33 bits per heavy atom. The Kier molecular flexibility index (Phi) is 8.38. The van der Waals surface area contributed by atoms with Crippen LogP contribution in [0.2, 0.25) is 0 Å². The summed E-state index contributed by atoms with van der Waals surface area (Å²) in [7, 11) is 1.90. The van der Waals surface area contributed by atoms with Gasteiger partial charge < -0.3 is 10.2 Å². The van der Waals surface area contributed by atoms with Gasteiger partial charge in [0.15, 0.2) is 0 Å². The lowest BCUT2D eigenvalue weighted by atomic mass is 10.2. The van der Waals surface area contributed by atoms with Crippen LogP contribution >= 0.6 is 0 Å². The summed E-state index contributed by atoms with van der Waals surface area (Å²) in [6.45, 7) is 8.22. The van der Waals surface area contributed by atoms with Gasteiger partial charge in [-0.1, -0.05) is 27.2 Å². The van der Waals surface area contributed by atoms with Crippen LogP contribution < -0.4 is 5.32 Å². The fourth-order valence-corrected chi connectivity index (χ4v) is 1.34. The fraction of sp³-hybridized carbons (Fsp3) is 0.917. The van der Waals surface area contributed by atoms with E-state index in [2.05, 4.69) is 26.1 Å². The lowest BCUT2D eigenvalue weighted by Gasteiger charge is -2.16. The van der Waals surface area contributed by atoms with E-state index < -0.39 is 0 Å². The van der Waals surface area contributed by atoms with Crippen LogP contribution in [0, 0.1) is 0 Å². The number of rotatable bonds is 8. The zero-order valence-corrected chi connectivity index (χ0v) is 10.7. The first-order valence-corrected chi connectivity index (χ1v) is 6.05. The average Bonchev–Trinajstić information content (AvgIpc) is 2.20. The second kappa shape index (κ2) is 8.72. The van der Waals surface area contributed by atoms with E-state index >= 15 is 0 Å². The zero-order chi connectivity index (χ0) is 11.7. The molecular formula is C12H26N2O. The van der Waals surface area contributed by atoms with E-state index in [1.807, 2.05) is 11.9 Å². The van der Waals surface area contributed by atoms with E-state index in [1.165, 1.54) is 0 Å². The molecule has 0 aromatic rings. The Hall–Kier alpha value is -0.570. The van der Waals surface area contributed by atoms with Crippen LogP contribution in [0.15, 0.2) is 0 Å². The molecule has 0 rings (SSSR count). The molecule has 0 atom stereocenters. The summed E-state index contributed by atoms with van der Waals surface area (Å²) in [4.78, 5) is 13.4. The maximum atomic E-state index is 11.6. The van der Waals surface area contributed by atoms with E-state index in [0.717, 1.165) is 32.4 Å². The summed E-state index contributed by atoms with van der Waals surface area (Å²) < 4.78 is 0. The van der Waals surface area contributed by atoms with Gasteiger partial charge in [-0.2, -0.15) is 0 Å². The van der Waals surface area contributed by atoms with Gasteiger partial charge >= 0.3 is 0 Å². The number of nitrogens with zero attached hydrogens (tertiary/aromatic N) is 1. The van der Waals surface area contributed by atoms with Crippen molar-refractivity contribution in [2.45, 2.75) is 52.5 Å². The van der Waals surface area contributed by atoms with Crippen LogP contribution in [-0.4, -0.2) is 37.0 Å². The molecule has 0 heterocycles. The Bertz CT molecular complexity index is 169. The quantitative estimate of drug-likeness (QED) is 0.627. The summed E-state index contributed by atoms with van der Waals surface area (Å²) in [5.41, 5.74) is 0. The smallest absolute Gasteiger partial charge is 0.222 e. The second-order valence-corrected chi connectivity index (χ2v) is 4.38. The third-order valence-corrected chi connectivity index (χ3v) is 2.39. The van der Waals surface area contributed by atoms with Gasteiger partial charge in [-0.3, -0.25) is 4.79 Å². The minimum atomic E-state index is 0.272. The molecule has 0 aliphatic rings. The van der Waals surface area contributed by atoms with E-state index in [4.69, 9.17) is 0 Å². The number of hydrogen-bond donors (Lipinski definition) is 1. The molecule has 0 bridgehead atoms. The Morgan fingerprint density at radius 2 is 2.00 bits per heavy atom. The van der Waals surface area contributed by atoms with Gasteiger partial charge in [0.05, 0.1) is 0 Å². The van der Waals surface area contributed by atoms with Crippen molar-refractivity contribution in [3.8, 4) is 0 Å². The monoisotopic (exact) mass is 214 g/mol. The van der Waals surface area contributed by atoms with E-state index in [-0.39, 0.29) is 5.91 Å². The largest absolute Gasteiger partial charge is 0.346 e. The van der Waals surface area contributed by atoms with Crippen molar-refractivity contribution in [2.24, 2.45) is 0 Å². The minimum Gasteiger partial charge on any atom is -0.346 e. The maximum Gasteiger partial charge on any atom is 0.222 e. The molecule has 0 aromatic carbocycles. The number of unbranched alkanes of at least 4 members (excludes halogenated alkanes) is 1. The Balaban J connectivity index is 3.47. The predicted molar refractivity (Wildman–Crippen MR) is 64.9 cm³/mol. The molecule has 0 saturated heterocycles. The molecule has 0 unspecified atom stereocenters. The fourth-order valence-electron chi connectivity index (χ4n) is 1.34. The molecule has 0 saturated carbocycles. The summed E-state index contributed by atoms with van der Waals surface area (Å²) >= 11 is 0. The molecular weight excluding hydrogens is 188 g/mol. The van der Waals surface area contributed by atoms with Gasteiger partial charge in [-0.05, 0) is 19.4 Å². The molecule has 3 heteroatoms. The van der Waals surface area contributed by atoms with Gasteiger partial charge in [0.1, 0.15) is 0 Å². The normalized spacial score (nSPS) is 10.7. The summed E-state index contributed by atoms with van der Waals surface area (Å²) in [5, 5.41) is 3.31. The highest BCUT2D eigenvalue weighted by atomic mass is 16.2. The predicted octanol–water partition coefficient (Wildman–Crippen LogP) is 2.02. The average molecular weight is 214 g/mol. The summed E-state index contributed by atoms with van der Waals surface area (Å²) in [6.07, 6.45) is 3.85. The van der Waals surface area contributed by atoms with Gasteiger partial charge in [0.25, 0.3) is 0 Å². The zero-order valence-electron chi connectivity index (χ0n) is 10.7. The first-order valence-electron chi connectivity index (χ1n) is 6.05. The van der Waals surface area contributed by atoms with Crippen molar-refractivity contribution < 1.29 is 4.79 Å². The number of carbonyl (C=O) groups is 1. The standard InChI is InChI=1S/C12H26N2O/c1-5-6-10-14(4)12(15)8-7-9-13-11(2)3/h11,13H,5-10H2,1-4H3. The first kappa shape index (κ1) is 14.4. The van der Waals surface area contributed by atoms with Crippen LogP contribution in [0.25, 0.3) is 0 Å². The first-order chi connectivity index (χ1) is 7.07. The van der Waals surface area contributed by atoms with Crippen molar-refractivity contribution in [2.75, 3.05) is 20.1 Å². The number of nitrogens with one attached hydrogen (secondary N) is 1. The van der Waals surface area contributed by atoms with Crippen LogP contribution in [0.5, 0.6) is 0 Å². The summed E-state index contributed by atoms with van der Waals surface area (Å²) in [5.74, 6) is 0.272. The third-order valence-electron chi connectivity index (χ3n) is 2.39. The van der Waals surface area contributed by atoms with E-state index in [1.54, 1.807) is 0 Å². The highest BCUT2D eigenvalue weighted by Gasteiger charge is 2.06. The molecule has 0 aromatic heterocycles. The number of carbonyl (C=O) groups excluding carboxylic acids is 1. The molecule has 1 N–H and O–H groups in total. The van der Waals surface area contributed by atoms with Crippen molar-refractivity contribution >= 4 is 5.91 Å². The highest BCUT2D eigenvalue weighted by Crippen LogP contribution is 1.98. The van der Waals surface area contributed by atoms with Crippen LogP contribution in [0.4, 0.5) is 0 Å². The summed E-state index contributed by atoms with van der Waals surface area (Å²) in [6, 6.07) is 0.512. The molecule has 0 radical (unpaired) electrons. The number of hydrogen-bond acceptors (Lipinski definition) is 2. The van der Waals surface area contributed by atoms with Gasteiger partial charge in [-0.25, -0.2) is 0 Å². The van der Waals surface area contributed by atoms with Gasteiger partial charge in [-0.15, -0.1) is 0 Å². The molecule has 3 nitrogen and oxygen atoms in total. The van der Waals surface area contributed by atoms with Gasteiger partial charge in [0, 0.05) is 26.1 Å². The van der Waals surface area contributed by atoms with Crippen molar-refractivity contribution in [3.63, 3.8) is 0 Å². The van der Waals surface area contributed by atoms with Crippen LogP contribution in [-0.2, 0) is 4.79 Å². The molecule has 15 heavy (non-hydrogen) atoms. The molecule has 90 valence electrons. The van der Waals surface area contributed by atoms with E-state index in [0.29, 0.717) is 12.5 Å². The topological polar surface area (TPSA) is 32.3 Å². The van der Waals surface area contributed by atoms with Crippen LogP contribution in [0.3, 0.4) is 0 Å². The lowest BCUT2D eigenvalue weighted by Crippen LogP contribution is -2.29. The third kappa shape index (κ3) is 8.43. The van der Waals surface area contributed by atoms with Crippen molar-refractivity contribution in [1.82, 2.24) is 10.2 Å². The highest BCUT2D eigenvalue weighted by molar-refractivity contribution is 5.75. The Morgan fingerprint density at radius 3 is 2.53 bits per heavy atom. The molecule has 1 amide bonds. The van der Waals surface area contributed by atoms with Crippen LogP contribution in [0.1, 0.15) is 46.5 Å².